The van der Waals surface area contributed by atoms with Crippen molar-refractivity contribution >= 4 is 0 Å². The number of fused-ring (bicyclic) bond motifs is 3. The molecule has 0 saturated heterocycles. The van der Waals surface area contributed by atoms with E-state index in [1.54, 1.807) is 7.11 Å². The molecule has 4 heteroatoms. The van der Waals surface area contributed by atoms with E-state index in [-0.39, 0.29) is 5.41 Å². The summed E-state index contributed by atoms with van der Waals surface area (Å²) in [6.07, 6.45) is 6.71. The Balaban J connectivity index is 1.47. The Morgan fingerprint density at radius 2 is 1.97 bits per heavy atom. The zero-order chi connectivity index (χ0) is 21.0. The van der Waals surface area contributed by atoms with E-state index in [0.717, 1.165) is 24.3 Å². The predicted octanol–water partition coefficient (Wildman–Crippen LogP) is 4.49. The third-order valence-electron chi connectivity index (χ3n) is 7.31. The van der Waals surface area contributed by atoms with Gasteiger partial charge in [-0.3, -0.25) is 0 Å². The summed E-state index contributed by atoms with van der Waals surface area (Å²) in [6, 6.07) is 16.7. The lowest BCUT2D eigenvalue weighted by Crippen LogP contribution is -2.55. The van der Waals surface area contributed by atoms with Gasteiger partial charge in [-0.15, -0.1) is 0 Å². The van der Waals surface area contributed by atoms with Gasteiger partial charge >= 0.3 is 0 Å². The number of hydrogen-bond donors (Lipinski definition) is 2. The number of para-hydroxylation sites is 1. The second-order valence-corrected chi connectivity index (χ2v) is 8.88. The molecule has 0 spiro atoms. The lowest BCUT2D eigenvalue weighted by Gasteiger charge is -2.52. The Morgan fingerprint density at radius 3 is 2.73 bits per heavy atom. The van der Waals surface area contributed by atoms with Crippen LogP contribution >= 0.6 is 0 Å². The van der Waals surface area contributed by atoms with Crippen LogP contribution in [0.25, 0.3) is 0 Å². The van der Waals surface area contributed by atoms with Gasteiger partial charge in [0.05, 0.1) is 7.11 Å². The van der Waals surface area contributed by atoms with E-state index in [2.05, 4.69) is 30.4 Å². The molecule has 2 N–H and O–H groups in total. The van der Waals surface area contributed by atoms with Gasteiger partial charge in [0.1, 0.15) is 24.2 Å². The molecule has 0 amide bonds. The maximum absolute atomic E-state index is 10.5. The molecule has 1 unspecified atom stereocenters. The predicted molar refractivity (Wildman–Crippen MR) is 120 cm³/mol. The molecule has 2 aromatic rings. The van der Waals surface area contributed by atoms with Gasteiger partial charge in [0.25, 0.3) is 0 Å². The maximum atomic E-state index is 10.5. The summed E-state index contributed by atoms with van der Waals surface area (Å²) >= 11 is 0. The first-order valence-electron chi connectivity index (χ1n) is 11.4. The van der Waals surface area contributed by atoms with E-state index in [1.165, 1.54) is 36.8 Å². The van der Waals surface area contributed by atoms with Crippen LogP contribution in [0.5, 0.6) is 11.5 Å². The fraction of sp³-hybridized carbons (Fsp3) is 0.538. The highest BCUT2D eigenvalue weighted by molar-refractivity contribution is 5.44. The molecule has 4 nitrogen and oxygen atoms in total. The van der Waals surface area contributed by atoms with Crippen LogP contribution in [0.1, 0.15) is 50.2 Å². The van der Waals surface area contributed by atoms with E-state index in [0.29, 0.717) is 25.1 Å². The summed E-state index contributed by atoms with van der Waals surface area (Å²) in [5.41, 5.74) is 3.15. The third kappa shape index (κ3) is 4.21. The summed E-state index contributed by atoms with van der Waals surface area (Å²) in [4.78, 5) is 0. The first kappa shape index (κ1) is 21.2. The lowest BCUT2D eigenvalue weighted by molar-refractivity contribution is 0.0807. The van der Waals surface area contributed by atoms with E-state index in [4.69, 9.17) is 9.47 Å². The zero-order valence-electron chi connectivity index (χ0n) is 18.3. The number of aliphatic hydroxyl groups is 1. The summed E-state index contributed by atoms with van der Waals surface area (Å²) < 4.78 is 11.3. The summed E-state index contributed by atoms with van der Waals surface area (Å²) in [6.45, 7) is 3.20. The molecule has 0 aromatic heterocycles. The van der Waals surface area contributed by atoms with Crippen molar-refractivity contribution in [2.45, 2.75) is 63.0 Å². The van der Waals surface area contributed by atoms with Gasteiger partial charge in [-0.05, 0) is 72.4 Å². The van der Waals surface area contributed by atoms with Crippen LogP contribution in [-0.2, 0) is 11.8 Å². The monoisotopic (exact) mass is 409 g/mol. The molecule has 0 heterocycles. The van der Waals surface area contributed by atoms with Crippen LogP contribution in [0.2, 0.25) is 0 Å². The molecule has 0 aliphatic heterocycles. The number of methoxy groups -OCH3 is 1. The van der Waals surface area contributed by atoms with E-state index in [9.17, 15) is 5.11 Å². The first-order valence-corrected chi connectivity index (χ1v) is 11.4. The summed E-state index contributed by atoms with van der Waals surface area (Å²) in [7, 11) is 1.75. The van der Waals surface area contributed by atoms with E-state index >= 15 is 0 Å². The van der Waals surface area contributed by atoms with Gasteiger partial charge in [0.15, 0.2) is 0 Å². The second kappa shape index (κ2) is 9.40. The van der Waals surface area contributed by atoms with Crippen LogP contribution in [0.3, 0.4) is 0 Å². The fourth-order valence-electron chi connectivity index (χ4n) is 5.79. The second-order valence-electron chi connectivity index (χ2n) is 8.88. The van der Waals surface area contributed by atoms with Crippen molar-refractivity contribution in [2.75, 3.05) is 20.3 Å². The molecule has 162 valence electrons. The highest BCUT2D eigenvalue weighted by atomic mass is 16.5. The lowest BCUT2D eigenvalue weighted by atomic mass is 9.54. The van der Waals surface area contributed by atoms with Crippen molar-refractivity contribution in [2.24, 2.45) is 5.92 Å². The molecule has 2 aromatic carbocycles. The number of rotatable bonds is 8. The minimum Gasteiger partial charge on any atom is -0.497 e. The molecule has 0 radical (unpaired) electrons. The molecule has 4 atom stereocenters. The van der Waals surface area contributed by atoms with Crippen molar-refractivity contribution in [1.82, 2.24) is 5.32 Å². The molecular formula is C26H35NO3. The van der Waals surface area contributed by atoms with Crippen molar-refractivity contribution in [3.05, 3.63) is 59.7 Å². The Labute approximate surface area is 180 Å². The van der Waals surface area contributed by atoms with Gasteiger partial charge < -0.3 is 19.9 Å². The van der Waals surface area contributed by atoms with Crippen LogP contribution in [0, 0.1) is 5.92 Å². The number of ether oxygens (including phenoxy) is 2. The van der Waals surface area contributed by atoms with Crippen molar-refractivity contribution in [3.63, 3.8) is 0 Å². The Morgan fingerprint density at radius 1 is 1.13 bits per heavy atom. The summed E-state index contributed by atoms with van der Waals surface area (Å²) in [5, 5.41) is 14.2. The standard InChI is InChI=1S/C26H35NO3/c1-3-26-14-8-7-11-23(26)25(15-19-12-13-22(29-2)16-24(19)26)27-17-20(28)18-30-21-9-5-4-6-10-21/h4-6,9-10,12-13,16,20,23,25,27-28H,3,7-8,11,14-15,17-18H2,1-2H3/t20?,23-,25+,26-/m1/s1. The number of benzene rings is 2. The average molecular weight is 410 g/mol. The smallest absolute Gasteiger partial charge is 0.119 e. The fourth-order valence-corrected chi connectivity index (χ4v) is 5.79. The Hall–Kier alpha value is -2.04. The van der Waals surface area contributed by atoms with Gasteiger partial charge in [0.2, 0.25) is 0 Å². The topological polar surface area (TPSA) is 50.7 Å². The zero-order valence-corrected chi connectivity index (χ0v) is 18.3. The Kier molecular flexibility index (Phi) is 6.64. The largest absolute Gasteiger partial charge is 0.497 e. The Bertz CT molecular complexity index is 824. The summed E-state index contributed by atoms with van der Waals surface area (Å²) in [5.74, 6) is 2.36. The van der Waals surface area contributed by atoms with Crippen molar-refractivity contribution in [1.29, 1.82) is 0 Å². The number of hydrogen-bond acceptors (Lipinski definition) is 4. The molecule has 4 rings (SSSR count). The molecule has 2 aliphatic carbocycles. The van der Waals surface area contributed by atoms with E-state index < -0.39 is 6.10 Å². The SMILES string of the molecule is CC[C@@]12CCCC[C@@H]1[C@@H](NCC(O)COc1ccccc1)Cc1ccc(OC)cc12. The molecule has 1 saturated carbocycles. The van der Waals surface area contributed by atoms with Gasteiger partial charge in [-0.1, -0.05) is 44.0 Å². The number of nitrogens with one attached hydrogen (secondary N) is 1. The highest BCUT2D eigenvalue weighted by Gasteiger charge is 2.48. The molecule has 0 bridgehead atoms. The average Bonchev–Trinajstić information content (AvgIpc) is 2.81. The van der Waals surface area contributed by atoms with Crippen LogP contribution in [0.4, 0.5) is 0 Å². The molecule has 2 aliphatic rings. The van der Waals surface area contributed by atoms with Crippen LogP contribution in [-0.4, -0.2) is 37.5 Å². The van der Waals surface area contributed by atoms with Gasteiger partial charge in [-0.2, -0.15) is 0 Å². The normalized spacial score (nSPS) is 26.4. The minimum absolute atomic E-state index is 0.212. The highest BCUT2D eigenvalue weighted by Crippen LogP contribution is 2.52. The van der Waals surface area contributed by atoms with Crippen molar-refractivity contribution in [3.8, 4) is 11.5 Å². The van der Waals surface area contributed by atoms with Crippen molar-refractivity contribution < 1.29 is 14.6 Å². The third-order valence-corrected chi connectivity index (χ3v) is 7.31. The molecule has 1 fully saturated rings. The van der Waals surface area contributed by atoms with Crippen LogP contribution in [0.15, 0.2) is 48.5 Å². The maximum Gasteiger partial charge on any atom is 0.119 e. The van der Waals surface area contributed by atoms with Gasteiger partial charge in [-0.25, -0.2) is 0 Å². The first-order chi connectivity index (χ1) is 14.7. The number of aliphatic hydroxyl groups excluding tert-OH is 1. The molecule has 30 heavy (non-hydrogen) atoms. The van der Waals surface area contributed by atoms with Gasteiger partial charge in [0, 0.05) is 12.6 Å². The van der Waals surface area contributed by atoms with Crippen LogP contribution < -0.4 is 14.8 Å². The quantitative estimate of drug-likeness (QED) is 0.675. The minimum atomic E-state index is -0.526. The molecular weight excluding hydrogens is 374 g/mol. The van der Waals surface area contributed by atoms with E-state index in [1.807, 2.05) is 30.3 Å².